The maximum atomic E-state index is 6.84. The average Bonchev–Trinajstić information content (AvgIpc) is 1.62. The third-order valence-electron chi connectivity index (χ3n) is 19.6. The van der Waals surface area contributed by atoms with Crippen molar-refractivity contribution in [3.63, 3.8) is 0 Å². The number of benzene rings is 7. The Bertz CT molecular complexity index is 6210. The number of hydrogen-bond donors (Lipinski definition) is 3. The van der Waals surface area contributed by atoms with E-state index in [1.807, 2.05) is 60.7 Å². The second-order valence-corrected chi connectivity index (χ2v) is 26.2. The van der Waals surface area contributed by atoms with Crippen LogP contribution < -0.4 is 31.1 Å². The van der Waals surface area contributed by atoms with Crippen LogP contribution in [0.5, 0.6) is 11.5 Å². The molecule has 7 aromatic carbocycles. The molecule has 13 aromatic rings. The van der Waals surface area contributed by atoms with Gasteiger partial charge in [0.1, 0.15) is 33.2 Å². The highest BCUT2D eigenvalue weighted by atomic mass is 16.5. The summed E-state index contributed by atoms with van der Waals surface area (Å²) in [4.78, 5) is 28.3. The van der Waals surface area contributed by atoms with Gasteiger partial charge in [0, 0.05) is 72.3 Å². The highest BCUT2D eigenvalue weighted by molar-refractivity contribution is 6.30. The summed E-state index contributed by atoms with van der Waals surface area (Å²) >= 11 is 0. The average molecular weight is 1320 g/mol. The van der Waals surface area contributed by atoms with Crippen molar-refractivity contribution < 1.29 is 18.3 Å². The van der Waals surface area contributed by atoms with Gasteiger partial charge in [0.25, 0.3) is 0 Å². The van der Waals surface area contributed by atoms with Crippen LogP contribution in [0.25, 0.3) is 119 Å². The Morgan fingerprint density at radius 2 is 0.637 bits per heavy atom. The molecule has 102 heavy (non-hydrogen) atoms. The van der Waals surface area contributed by atoms with Gasteiger partial charge in [-0.15, -0.1) is 0 Å². The summed E-state index contributed by atoms with van der Waals surface area (Å²) < 4.78 is 24.9. The minimum Gasteiger partial charge on any atom is -0.497 e. The van der Waals surface area contributed by atoms with E-state index in [0.29, 0.717) is 10.8 Å². The first kappa shape index (κ1) is 62.3. The van der Waals surface area contributed by atoms with Crippen LogP contribution in [0.4, 0.5) is 0 Å². The maximum absolute atomic E-state index is 6.84. The first-order valence-corrected chi connectivity index (χ1v) is 34.2. The first-order chi connectivity index (χ1) is 49.9. The number of aromatic amines is 3. The van der Waals surface area contributed by atoms with E-state index >= 15 is 0 Å². The van der Waals surface area contributed by atoms with Crippen molar-refractivity contribution in [3.05, 3.63) is 349 Å². The normalized spacial score (nSPS) is 16.0. The van der Waals surface area contributed by atoms with Gasteiger partial charge < -0.3 is 33.3 Å². The number of nitrogens with zero attached hydrogens (tertiary/aromatic N) is 3. The molecule has 0 saturated carbocycles. The molecule has 490 valence electrons. The number of furan rings is 2. The molecule has 0 amide bonds. The molecule has 6 aromatic heterocycles. The minimum atomic E-state index is 0.682. The Morgan fingerprint density at radius 1 is 0.304 bits per heavy atom. The van der Waals surface area contributed by atoms with Gasteiger partial charge in [-0.25, -0.2) is 15.0 Å². The number of rotatable bonds is 9. The van der Waals surface area contributed by atoms with Gasteiger partial charge in [-0.3, -0.25) is 0 Å². The number of ether oxygens (including phenoxy) is 2. The molecule has 10 heteroatoms. The van der Waals surface area contributed by atoms with Crippen LogP contribution in [0, 0.1) is 32.6 Å². The van der Waals surface area contributed by atoms with E-state index < -0.39 is 0 Å². The number of aliphatic imine (C=N–C) groups is 1. The van der Waals surface area contributed by atoms with E-state index in [-0.39, 0.29) is 0 Å². The van der Waals surface area contributed by atoms with Gasteiger partial charge in [0.2, 0.25) is 0 Å². The molecule has 4 aliphatic heterocycles. The first-order valence-electron chi connectivity index (χ1n) is 34.2. The van der Waals surface area contributed by atoms with Crippen LogP contribution in [0.1, 0.15) is 92.5 Å². The second-order valence-electron chi connectivity index (χ2n) is 26.2. The van der Waals surface area contributed by atoms with Gasteiger partial charge in [0.15, 0.2) is 0 Å². The van der Waals surface area contributed by atoms with Gasteiger partial charge in [-0.1, -0.05) is 150 Å². The van der Waals surface area contributed by atoms with Crippen LogP contribution >= 0.6 is 0 Å². The lowest BCUT2D eigenvalue weighted by Crippen LogP contribution is -2.14. The molecule has 17 rings (SSSR count). The largest absolute Gasteiger partial charge is 0.497 e. The van der Waals surface area contributed by atoms with Crippen LogP contribution in [0.15, 0.2) is 262 Å². The van der Waals surface area contributed by atoms with Crippen LogP contribution in [-0.2, 0) is 0 Å². The number of aryl methyl sites for hydroxylation is 3. The highest BCUT2D eigenvalue weighted by Crippen LogP contribution is 2.40. The lowest BCUT2D eigenvalue weighted by Gasteiger charge is -2.11. The lowest BCUT2D eigenvalue weighted by atomic mass is 9.99. The topological polar surface area (TPSA) is 130 Å². The van der Waals surface area contributed by atoms with Crippen molar-refractivity contribution in [1.82, 2.24) is 24.9 Å². The monoisotopic (exact) mass is 1320 g/mol. The second kappa shape index (κ2) is 25.9. The number of nitrogens with one attached hydrogen (secondary N) is 3. The Kier molecular flexibility index (Phi) is 15.8. The molecule has 0 fully saturated rings. The van der Waals surface area contributed by atoms with Crippen LogP contribution in [-0.4, -0.2) is 44.9 Å². The Labute approximate surface area is 590 Å². The number of H-pyrrole nitrogens is 3. The van der Waals surface area contributed by atoms with Crippen molar-refractivity contribution in [2.24, 2.45) is 4.99 Å². The summed E-state index contributed by atoms with van der Waals surface area (Å²) in [5.74, 6) is 8.53. The number of methoxy groups -OCH3 is 2. The third kappa shape index (κ3) is 11.7. The number of allylic oxidation sites excluding steroid dienone is 2. The number of aromatic nitrogens is 5. The van der Waals surface area contributed by atoms with Crippen LogP contribution in [0.3, 0.4) is 0 Å². The molecule has 0 atom stereocenters. The summed E-state index contributed by atoms with van der Waals surface area (Å²) in [6.07, 6.45) is 12.7. The molecule has 10 heterocycles. The fourth-order valence-electron chi connectivity index (χ4n) is 14.0. The van der Waals surface area contributed by atoms with Crippen molar-refractivity contribution in [3.8, 4) is 67.8 Å². The fraction of sp³-hybridized carbons (Fsp3) is 0.0761. The Hall–Kier alpha value is -13.2. The van der Waals surface area contributed by atoms with Gasteiger partial charge >= 0.3 is 0 Å². The maximum Gasteiger partial charge on any atom is 0.137 e. The molecule has 0 spiro atoms. The molecule has 0 aliphatic carbocycles. The fourth-order valence-corrected chi connectivity index (χ4v) is 14.0. The molecule has 0 radical (unpaired) electrons. The van der Waals surface area contributed by atoms with Gasteiger partial charge in [-0.05, 0) is 230 Å². The predicted octanol–water partition coefficient (Wildman–Crippen LogP) is 18.5. The number of hydrogen-bond acceptors (Lipinski definition) is 7. The van der Waals surface area contributed by atoms with E-state index in [0.717, 1.165) is 190 Å². The third-order valence-corrected chi connectivity index (χ3v) is 19.6. The Balaban J connectivity index is 0.784. The zero-order valence-corrected chi connectivity index (χ0v) is 57.4. The van der Waals surface area contributed by atoms with Crippen molar-refractivity contribution >= 4 is 79.9 Å². The predicted molar refractivity (Wildman–Crippen MR) is 415 cm³/mol. The summed E-state index contributed by atoms with van der Waals surface area (Å²) in [6.45, 7) is 10.5. The van der Waals surface area contributed by atoms with E-state index in [9.17, 15) is 0 Å². The van der Waals surface area contributed by atoms with E-state index in [2.05, 4.69) is 268 Å². The van der Waals surface area contributed by atoms with Crippen LogP contribution in [0.2, 0.25) is 0 Å². The van der Waals surface area contributed by atoms with Gasteiger partial charge in [0.05, 0.1) is 59.7 Å². The quantitative estimate of drug-likeness (QED) is 0.123. The lowest BCUT2D eigenvalue weighted by molar-refractivity contribution is 0.414. The molecule has 0 unspecified atom stereocenters. The molecular formula is C92H68N6O4. The zero-order chi connectivity index (χ0) is 69.1. The molecular weight excluding hydrogens is 1250 g/mol. The summed E-state index contributed by atoms with van der Waals surface area (Å²) in [6, 6.07) is 80.2. The van der Waals surface area contributed by atoms with Crippen molar-refractivity contribution in [2.75, 3.05) is 14.2 Å². The summed E-state index contributed by atoms with van der Waals surface area (Å²) in [5.41, 5.74) is 34.1. The van der Waals surface area contributed by atoms with E-state index in [1.54, 1.807) is 14.2 Å². The number of fused-ring (bicyclic) bond motifs is 15. The minimum absolute atomic E-state index is 0.682. The molecule has 16 bridgehead atoms. The standard InChI is InChI=1S/C92H68N6O4/c1-54-8-20-61(21-9-54)86-70-38-40-72(93-70)87(62-22-10-55(2)11-23-62)74-42-44-76(95-74)89(77-45-43-75(96-77)88(73-41-39-71(86)94-73)63-24-12-56(3)13-25-63)64-26-16-59(17-27-64)14-15-60-18-28-65(29-19-60)90-78-46-48-80(97-78)91(66-30-34-68(99-6)35-31-66)84-52-50-82(101-84)57(4)58(5)83-51-53-85(102-83)92(81-49-47-79(90)98-81)67-32-36-69(100-7)37-33-67/h8-13,16-53,93,96-97H,1-7H3/b58-57?,82-57-,83-58-,86-70?,86-71?,87-72?,87-74?,88-73?,88-75?,89-76?,89-77?,90-78?,90-79-,91-80?,91-84-,92-81?,92-85-. The van der Waals surface area contributed by atoms with Crippen molar-refractivity contribution in [2.45, 2.75) is 34.6 Å². The van der Waals surface area contributed by atoms with Crippen molar-refractivity contribution in [1.29, 1.82) is 0 Å². The SMILES string of the molecule is COc1ccc(/C2=c3\cc/c(o3)=C(C)/C(C)=c3/cc/c(o3)=C(\c3ccc(OC)cc3)c3ccc([nH]3)/C(c3ccc(C#Cc4ccc(-c5c6nc(c(-c7ccc(C)cc7)c7ccc([nH]7)c(-c7ccc(C)cc7)c7nc(c(-c8ccc(C)cc8)c8ccc5[nH]8)C=C7)C=C6)cc4)cc3)=C3/C=CC2=N3)cc1. The molecule has 4 aliphatic rings. The zero-order valence-electron chi connectivity index (χ0n) is 57.4. The van der Waals surface area contributed by atoms with Gasteiger partial charge in [-0.2, -0.15) is 0 Å². The highest BCUT2D eigenvalue weighted by Gasteiger charge is 2.24. The summed E-state index contributed by atoms with van der Waals surface area (Å²) in [5, 5.41) is 0. The molecule has 0 saturated heterocycles. The summed E-state index contributed by atoms with van der Waals surface area (Å²) in [7, 11) is 3.35. The van der Waals surface area contributed by atoms with E-state index in [1.165, 1.54) is 16.7 Å². The molecule has 3 N–H and O–H groups in total. The smallest absolute Gasteiger partial charge is 0.137 e. The van der Waals surface area contributed by atoms with E-state index in [4.69, 9.17) is 33.3 Å². The Morgan fingerprint density at radius 3 is 1.04 bits per heavy atom. The molecule has 10 nitrogen and oxygen atoms in total.